The third-order valence-electron chi connectivity index (χ3n) is 3.90. The summed E-state index contributed by atoms with van der Waals surface area (Å²) in [5, 5.41) is 0. The first-order valence-corrected chi connectivity index (χ1v) is 10.9. The molecule has 0 spiro atoms. The summed E-state index contributed by atoms with van der Waals surface area (Å²) in [5.41, 5.74) is 2.04. The number of methoxy groups -OCH3 is 1. The van der Waals surface area contributed by atoms with Crippen LogP contribution in [0.3, 0.4) is 0 Å². The number of hydrogen-bond donors (Lipinski definition) is 0. The fourth-order valence-electron chi connectivity index (χ4n) is 2.60. The SMILES string of the molecule is COCCn1c(=NC(=O)Cc2ccc(SC)cc2)sc2cc(Br)ccc21. The van der Waals surface area contributed by atoms with Gasteiger partial charge in [0.25, 0.3) is 5.91 Å². The van der Waals surface area contributed by atoms with Crippen molar-refractivity contribution in [3.63, 3.8) is 0 Å². The molecule has 136 valence electrons. The highest BCUT2D eigenvalue weighted by molar-refractivity contribution is 9.10. The number of rotatable bonds is 6. The molecular formula is C19H19BrN2O2S2. The number of carbonyl (C=O) groups is 1. The van der Waals surface area contributed by atoms with Gasteiger partial charge in [0.1, 0.15) is 0 Å². The van der Waals surface area contributed by atoms with Gasteiger partial charge in [-0.2, -0.15) is 4.99 Å². The Labute approximate surface area is 169 Å². The predicted molar refractivity (Wildman–Crippen MR) is 112 cm³/mol. The van der Waals surface area contributed by atoms with Crippen LogP contribution in [0.15, 0.2) is 56.8 Å². The molecule has 1 heterocycles. The maximum atomic E-state index is 12.5. The molecule has 0 aliphatic rings. The van der Waals surface area contributed by atoms with E-state index in [-0.39, 0.29) is 5.91 Å². The Bertz CT molecular complexity index is 977. The van der Waals surface area contributed by atoms with Gasteiger partial charge >= 0.3 is 0 Å². The van der Waals surface area contributed by atoms with Crippen molar-refractivity contribution in [2.45, 2.75) is 17.9 Å². The lowest BCUT2D eigenvalue weighted by atomic mass is 10.1. The molecule has 0 unspecified atom stereocenters. The first kappa shape index (κ1) is 19.4. The number of nitrogens with zero attached hydrogens (tertiary/aromatic N) is 2. The van der Waals surface area contributed by atoms with E-state index >= 15 is 0 Å². The second kappa shape index (κ2) is 8.99. The van der Waals surface area contributed by atoms with E-state index in [4.69, 9.17) is 4.74 Å². The van der Waals surface area contributed by atoms with Gasteiger partial charge in [-0.15, -0.1) is 11.8 Å². The first-order valence-electron chi connectivity index (χ1n) is 8.09. The molecule has 0 radical (unpaired) electrons. The number of aromatic nitrogens is 1. The maximum Gasteiger partial charge on any atom is 0.252 e. The average molecular weight is 451 g/mol. The molecule has 26 heavy (non-hydrogen) atoms. The van der Waals surface area contributed by atoms with Crippen molar-refractivity contribution < 1.29 is 9.53 Å². The number of benzene rings is 2. The van der Waals surface area contributed by atoms with E-state index in [0.717, 1.165) is 20.3 Å². The monoisotopic (exact) mass is 450 g/mol. The Morgan fingerprint density at radius 2 is 2.04 bits per heavy atom. The van der Waals surface area contributed by atoms with Crippen molar-refractivity contribution >= 4 is 55.2 Å². The van der Waals surface area contributed by atoms with Gasteiger partial charge in [-0.3, -0.25) is 4.79 Å². The predicted octanol–water partition coefficient (Wildman–Crippen LogP) is 4.50. The molecule has 1 amide bonds. The Morgan fingerprint density at radius 3 is 2.73 bits per heavy atom. The Hall–Kier alpha value is -1.41. The van der Waals surface area contributed by atoms with Crippen molar-refractivity contribution in [2.75, 3.05) is 20.0 Å². The van der Waals surface area contributed by atoms with E-state index in [1.165, 1.54) is 16.2 Å². The molecule has 0 aliphatic heterocycles. The van der Waals surface area contributed by atoms with E-state index in [0.29, 0.717) is 24.4 Å². The summed E-state index contributed by atoms with van der Waals surface area (Å²) < 4.78 is 9.36. The van der Waals surface area contributed by atoms with Crippen molar-refractivity contribution in [1.82, 2.24) is 4.57 Å². The number of ether oxygens (including phenoxy) is 1. The van der Waals surface area contributed by atoms with Gasteiger partial charge in [0.15, 0.2) is 4.80 Å². The summed E-state index contributed by atoms with van der Waals surface area (Å²) >= 11 is 6.71. The van der Waals surface area contributed by atoms with Gasteiger partial charge in [-0.1, -0.05) is 39.4 Å². The molecule has 4 nitrogen and oxygen atoms in total. The normalized spacial score (nSPS) is 12.0. The number of amides is 1. The molecule has 0 N–H and O–H groups in total. The Balaban J connectivity index is 1.92. The molecule has 0 atom stereocenters. The van der Waals surface area contributed by atoms with E-state index in [9.17, 15) is 4.79 Å². The molecule has 0 saturated heterocycles. The van der Waals surface area contributed by atoms with Crippen LogP contribution in [0.1, 0.15) is 5.56 Å². The van der Waals surface area contributed by atoms with Crippen LogP contribution in [0.5, 0.6) is 0 Å². The van der Waals surface area contributed by atoms with Crippen molar-refractivity contribution in [1.29, 1.82) is 0 Å². The van der Waals surface area contributed by atoms with Gasteiger partial charge in [-0.05, 0) is 42.2 Å². The number of fused-ring (bicyclic) bond motifs is 1. The number of thiazole rings is 1. The molecule has 1 aromatic heterocycles. The minimum Gasteiger partial charge on any atom is -0.383 e. The van der Waals surface area contributed by atoms with Gasteiger partial charge in [0, 0.05) is 23.0 Å². The van der Waals surface area contributed by atoms with E-state index < -0.39 is 0 Å². The standard InChI is InChI=1S/C19H19BrN2O2S2/c1-24-10-9-22-16-8-5-14(20)12-17(16)26-19(22)21-18(23)11-13-3-6-15(25-2)7-4-13/h3-8,12H,9-11H2,1-2H3. The lowest BCUT2D eigenvalue weighted by molar-refractivity contribution is -0.117. The topological polar surface area (TPSA) is 43.6 Å². The van der Waals surface area contributed by atoms with Crippen LogP contribution in [-0.2, 0) is 22.5 Å². The zero-order valence-electron chi connectivity index (χ0n) is 14.6. The van der Waals surface area contributed by atoms with Gasteiger partial charge < -0.3 is 9.30 Å². The minimum absolute atomic E-state index is 0.140. The summed E-state index contributed by atoms with van der Waals surface area (Å²) in [7, 11) is 1.67. The highest BCUT2D eigenvalue weighted by atomic mass is 79.9. The van der Waals surface area contributed by atoms with E-state index in [1.54, 1.807) is 18.9 Å². The van der Waals surface area contributed by atoms with Crippen molar-refractivity contribution in [3.8, 4) is 0 Å². The van der Waals surface area contributed by atoms with Crippen LogP contribution in [0.25, 0.3) is 10.2 Å². The Kier molecular flexibility index (Phi) is 6.69. The van der Waals surface area contributed by atoms with Crippen LogP contribution >= 0.6 is 39.0 Å². The van der Waals surface area contributed by atoms with Crippen molar-refractivity contribution in [3.05, 3.63) is 57.3 Å². The fraction of sp³-hybridized carbons (Fsp3) is 0.263. The summed E-state index contributed by atoms with van der Waals surface area (Å²) in [5.74, 6) is -0.140. The van der Waals surface area contributed by atoms with Crippen LogP contribution in [0, 0.1) is 0 Å². The first-order chi connectivity index (χ1) is 12.6. The molecule has 7 heteroatoms. The third kappa shape index (κ3) is 4.65. The number of hydrogen-bond acceptors (Lipinski definition) is 4. The minimum atomic E-state index is -0.140. The largest absolute Gasteiger partial charge is 0.383 e. The summed E-state index contributed by atoms with van der Waals surface area (Å²) in [6.07, 6.45) is 2.34. The van der Waals surface area contributed by atoms with Crippen molar-refractivity contribution in [2.24, 2.45) is 4.99 Å². The number of thioether (sulfide) groups is 1. The lowest BCUT2D eigenvalue weighted by Gasteiger charge is -2.04. The Morgan fingerprint density at radius 1 is 1.27 bits per heavy atom. The number of halogens is 1. The molecule has 3 aromatic rings. The maximum absolute atomic E-state index is 12.5. The lowest BCUT2D eigenvalue weighted by Crippen LogP contribution is -2.19. The molecule has 0 aliphatic carbocycles. The van der Waals surface area contributed by atoms with Gasteiger partial charge in [0.2, 0.25) is 0 Å². The van der Waals surface area contributed by atoms with Crippen LogP contribution in [-0.4, -0.2) is 30.4 Å². The van der Waals surface area contributed by atoms with Gasteiger partial charge in [0.05, 0.1) is 23.2 Å². The van der Waals surface area contributed by atoms with E-state index in [1.807, 2.05) is 53.3 Å². The summed E-state index contributed by atoms with van der Waals surface area (Å²) in [4.78, 5) is 18.8. The molecule has 2 aromatic carbocycles. The van der Waals surface area contributed by atoms with Gasteiger partial charge in [-0.25, -0.2) is 0 Å². The average Bonchev–Trinajstić information content (AvgIpc) is 2.96. The van der Waals surface area contributed by atoms with E-state index in [2.05, 4.69) is 20.9 Å². The zero-order valence-corrected chi connectivity index (χ0v) is 17.8. The second-order valence-electron chi connectivity index (χ2n) is 5.67. The number of carbonyl (C=O) groups excluding carboxylic acids is 1. The third-order valence-corrected chi connectivity index (χ3v) is 6.18. The molecule has 3 rings (SSSR count). The summed E-state index contributed by atoms with van der Waals surface area (Å²) in [6, 6.07) is 14.1. The second-order valence-corrected chi connectivity index (χ2v) is 8.48. The molecule has 0 bridgehead atoms. The molecule has 0 fully saturated rings. The molecular weight excluding hydrogens is 432 g/mol. The quantitative estimate of drug-likeness (QED) is 0.519. The summed E-state index contributed by atoms with van der Waals surface area (Å²) in [6.45, 7) is 1.23. The smallest absolute Gasteiger partial charge is 0.252 e. The zero-order chi connectivity index (χ0) is 18.5. The van der Waals surface area contributed by atoms with Crippen LogP contribution in [0.4, 0.5) is 0 Å². The van der Waals surface area contributed by atoms with Crippen LogP contribution in [0.2, 0.25) is 0 Å². The fourth-order valence-corrected chi connectivity index (χ4v) is 4.63. The molecule has 0 saturated carbocycles. The highest BCUT2D eigenvalue weighted by Gasteiger charge is 2.09. The highest BCUT2D eigenvalue weighted by Crippen LogP contribution is 2.22. The van der Waals surface area contributed by atoms with Crippen LogP contribution < -0.4 is 4.80 Å².